The Labute approximate surface area is 199 Å². The van der Waals surface area contributed by atoms with Crippen molar-refractivity contribution >= 4 is 0 Å². The maximum absolute atomic E-state index is 11.1. The van der Waals surface area contributed by atoms with Gasteiger partial charge in [-0.2, -0.15) is 0 Å². The minimum absolute atomic E-state index is 0. The zero-order valence-corrected chi connectivity index (χ0v) is 19.8. The predicted molar refractivity (Wildman–Crippen MR) is 107 cm³/mol. The maximum atomic E-state index is 11.1. The molecule has 0 radical (unpaired) electrons. The Bertz CT molecular complexity index is 749. The molecule has 2 saturated heterocycles. The lowest BCUT2D eigenvalue weighted by atomic mass is 10.0. The summed E-state index contributed by atoms with van der Waals surface area (Å²) in [5.41, 5.74) is 4.32. The highest BCUT2D eigenvalue weighted by atomic mass is 35.5. The quantitative estimate of drug-likeness (QED) is 0.396. The summed E-state index contributed by atoms with van der Waals surface area (Å²) in [5.74, 6) is 0.441. The molecule has 1 aromatic heterocycles. The Balaban J connectivity index is 0.00000150. The molecule has 4 N–H and O–H groups in total. The number of halogens is 3. The zero-order valence-electron chi connectivity index (χ0n) is 17.5. The second-order valence-electron chi connectivity index (χ2n) is 8.38. The molecule has 0 bridgehead atoms. The summed E-state index contributed by atoms with van der Waals surface area (Å²) in [5, 5.41) is 11.1. The van der Waals surface area contributed by atoms with E-state index in [-0.39, 0.29) is 37.2 Å². The number of quaternary nitrogens is 2. The van der Waals surface area contributed by atoms with E-state index in [9.17, 15) is 5.11 Å². The number of aromatic nitrogens is 1. The van der Waals surface area contributed by atoms with E-state index in [1.807, 2.05) is 18.2 Å². The van der Waals surface area contributed by atoms with E-state index in [1.165, 1.54) is 70.4 Å². The summed E-state index contributed by atoms with van der Waals surface area (Å²) in [4.78, 5) is 6.85. The Kier molecular flexibility index (Phi) is 12.0. The van der Waals surface area contributed by atoms with Crippen molar-refractivity contribution in [2.75, 3.05) is 26.2 Å². The molecule has 2 aliphatic heterocycles. The lowest BCUT2D eigenvalue weighted by Gasteiger charge is -2.24. The molecule has 168 valence electrons. The summed E-state index contributed by atoms with van der Waals surface area (Å²) in [6, 6.07) is 12.5. The number of hydrogen-bond donors (Lipinski definition) is 3. The molecular weight excluding hydrogens is 441 g/mol. The minimum atomic E-state index is 0. The van der Waals surface area contributed by atoms with Gasteiger partial charge in [0, 0.05) is 6.07 Å². The van der Waals surface area contributed by atoms with E-state index in [2.05, 4.69) is 23.2 Å². The highest BCUT2D eigenvalue weighted by molar-refractivity contribution is 5.64. The van der Waals surface area contributed by atoms with Gasteiger partial charge in [0.15, 0.2) is 12.3 Å². The van der Waals surface area contributed by atoms with Gasteiger partial charge in [-0.25, -0.2) is 4.98 Å². The molecule has 4 nitrogen and oxygen atoms in total. The molecule has 2 fully saturated rings. The van der Waals surface area contributed by atoms with E-state index in [1.54, 1.807) is 9.80 Å². The van der Waals surface area contributed by atoms with E-state index < -0.39 is 0 Å². The van der Waals surface area contributed by atoms with E-state index in [0.717, 1.165) is 29.9 Å². The topological polar surface area (TPSA) is 43.2 Å². The Morgan fingerprint density at radius 1 is 0.733 bits per heavy atom. The fourth-order valence-corrected chi connectivity index (χ4v) is 4.73. The molecule has 0 unspecified atom stereocenters. The van der Waals surface area contributed by atoms with Crippen LogP contribution < -0.4 is 52.0 Å². The Morgan fingerprint density at radius 3 is 1.83 bits per heavy atom. The van der Waals surface area contributed by atoms with Crippen molar-refractivity contribution in [1.29, 1.82) is 0 Å². The van der Waals surface area contributed by atoms with Gasteiger partial charge >= 0.3 is 0 Å². The van der Waals surface area contributed by atoms with Gasteiger partial charge in [-0.05, 0) is 50.7 Å². The monoisotopic (exact) mass is 473 g/mol. The molecule has 7 heteroatoms. The molecule has 0 saturated carbocycles. The molecule has 0 spiro atoms. The molecule has 2 aliphatic rings. The maximum Gasteiger partial charge on any atom is 0.253 e. The third-order valence-electron chi connectivity index (χ3n) is 6.24. The molecule has 30 heavy (non-hydrogen) atoms. The van der Waals surface area contributed by atoms with Crippen LogP contribution in [0.2, 0.25) is 0 Å². The van der Waals surface area contributed by atoms with Crippen LogP contribution in [0.4, 0.5) is 0 Å². The Morgan fingerprint density at radius 2 is 1.27 bits per heavy atom. The number of pyridine rings is 1. The number of H-pyrrole nitrogens is 1. The first-order valence-electron chi connectivity index (χ1n) is 10.8. The summed E-state index contributed by atoms with van der Waals surface area (Å²) >= 11 is 0. The summed E-state index contributed by atoms with van der Waals surface area (Å²) < 4.78 is 0. The number of aromatic amines is 1. The van der Waals surface area contributed by atoms with Crippen molar-refractivity contribution in [2.24, 2.45) is 0 Å². The highest BCUT2D eigenvalue weighted by Crippen LogP contribution is 2.28. The summed E-state index contributed by atoms with van der Waals surface area (Å²) in [6.07, 6.45) is 8.03. The number of benzene rings is 1. The van der Waals surface area contributed by atoms with Crippen LogP contribution in [0.5, 0.6) is 5.75 Å². The van der Waals surface area contributed by atoms with Crippen molar-refractivity contribution in [1.82, 2.24) is 0 Å². The van der Waals surface area contributed by atoms with Crippen LogP contribution in [0, 0.1) is 0 Å². The fraction of sp³-hybridized carbons (Fsp3) is 0.522. The molecule has 1 aromatic carbocycles. The number of nitrogens with one attached hydrogen (secondary N) is 3. The predicted octanol–water partition coefficient (Wildman–Crippen LogP) is -7.98. The summed E-state index contributed by atoms with van der Waals surface area (Å²) in [7, 11) is 0. The van der Waals surface area contributed by atoms with Crippen molar-refractivity contribution in [3.05, 3.63) is 47.7 Å². The number of likely N-dealkylation sites (tertiary alicyclic amines) is 2. The fourth-order valence-electron chi connectivity index (χ4n) is 4.73. The van der Waals surface area contributed by atoms with Crippen LogP contribution in [0.3, 0.4) is 0 Å². The number of aromatic hydroxyl groups is 1. The third kappa shape index (κ3) is 7.00. The van der Waals surface area contributed by atoms with Crippen molar-refractivity contribution in [2.45, 2.75) is 51.6 Å². The van der Waals surface area contributed by atoms with Gasteiger partial charge in [-0.3, -0.25) is 0 Å². The van der Waals surface area contributed by atoms with Crippen LogP contribution in [0.15, 0.2) is 36.4 Å². The van der Waals surface area contributed by atoms with Gasteiger partial charge in [0.25, 0.3) is 5.69 Å². The highest BCUT2D eigenvalue weighted by Gasteiger charge is 2.26. The van der Waals surface area contributed by atoms with Crippen molar-refractivity contribution in [3.63, 3.8) is 0 Å². The van der Waals surface area contributed by atoms with Gasteiger partial charge in [0.05, 0.1) is 37.3 Å². The first kappa shape index (κ1) is 27.0. The molecule has 2 aromatic rings. The molecule has 4 rings (SSSR count). The van der Waals surface area contributed by atoms with Crippen molar-refractivity contribution < 1.29 is 57.1 Å². The van der Waals surface area contributed by atoms with Gasteiger partial charge in [-0.15, -0.1) is 0 Å². The van der Waals surface area contributed by atoms with E-state index in [4.69, 9.17) is 0 Å². The van der Waals surface area contributed by atoms with Crippen LogP contribution >= 0.6 is 0 Å². The Hall–Kier alpha value is -1.04. The molecular formula is C23H34Cl3N3O. The zero-order chi connectivity index (χ0) is 18.5. The summed E-state index contributed by atoms with van der Waals surface area (Å²) in [6.45, 7) is 6.95. The molecule has 0 amide bonds. The van der Waals surface area contributed by atoms with Crippen LogP contribution in [-0.2, 0) is 13.1 Å². The second kappa shape index (κ2) is 13.4. The molecule has 3 heterocycles. The molecule has 0 aliphatic carbocycles. The van der Waals surface area contributed by atoms with Gasteiger partial charge in [0.1, 0.15) is 6.54 Å². The standard InChI is InChI=1S/C23H31N3O.3ClH/c27-23-20(17-25-12-6-2-7-13-25)16-21(18-26-14-8-3-9-15-26)24-22(23)19-10-4-1-5-11-19;;;/h1,4-5,10-11,16,27H,2-3,6-9,12-15,17-18H2;3*1H. The number of rotatable bonds is 5. The lowest BCUT2D eigenvalue weighted by Crippen LogP contribution is -3.11. The van der Waals surface area contributed by atoms with Crippen molar-refractivity contribution in [3.8, 4) is 17.0 Å². The largest absolute Gasteiger partial charge is 1.00 e. The van der Waals surface area contributed by atoms with Gasteiger partial charge in [-0.1, -0.05) is 18.2 Å². The first-order valence-corrected chi connectivity index (χ1v) is 10.8. The average molecular weight is 475 g/mol. The van der Waals surface area contributed by atoms with E-state index >= 15 is 0 Å². The normalized spacial score (nSPS) is 17.3. The number of hydrogen-bond acceptors (Lipinski definition) is 1. The number of piperidine rings is 2. The molecule has 0 atom stereocenters. The van der Waals surface area contributed by atoms with Gasteiger partial charge in [0.2, 0.25) is 5.69 Å². The second-order valence-corrected chi connectivity index (χ2v) is 8.38. The van der Waals surface area contributed by atoms with E-state index in [0.29, 0.717) is 5.75 Å². The van der Waals surface area contributed by atoms with Gasteiger partial charge < -0.3 is 52.1 Å². The third-order valence-corrected chi connectivity index (χ3v) is 6.24. The van der Waals surface area contributed by atoms with Crippen LogP contribution in [0.25, 0.3) is 11.3 Å². The minimum Gasteiger partial charge on any atom is -1.00 e. The SMILES string of the molecule is Oc1c(C[NH+]2CCCCC2)cc(C[NH+]2CCCCC2)[nH+]c1-c1ccccc1.[Cl-].[Cl-].[Cl-]. The van der Waals surface area contributed by atoms with Crippen LogP contribution in [0.1, 0.15) is 49.8 Å². The average Bonchev–Trinajstić information content (AvgIpc) is 2.72. The van der Waals surface area contributed by atoms with Crippen LogP contribution in [-0.4, -0.2) is 31.3 Å². The lowest BCUT2D eigenvalue weighted by molar-refractivity contribution is -0.922. The first-order chi connectivity index (χ1) is 13.3. The smallest absolute Gasteiger partial charge is 0.253 e.